The van der Waals surface area contributed by atoms with Gasteiger partial charge in [-0.3, -0.25) is 4.79 Å². The first-order chi connectivity index (χ1) is 12.2. The van der Waals surface area contributed by atoms with Gasteiger partial charge < -0.3 is 14.6 Å². The smallest absolute Gasteiger partial charge is 0.416 e. The number of amides is 1. The minimum Gasteiger partial charge on any atom is -0.593 e. The van der Waals surface area contributed by atoms with E-state index in [-0.39, 0.29) is 17.2 Å². The van der Waals surface area contributed by atoms with Gasteiger partial charge in [0.25, 0.3) is 0 Å². The minimum absolute atomic E-state index is 0.0589. The Kier molecular flexibility index (Phi) is 6.30. The van der Waals surface area contributed by atoms with Crippen molar-refractivity contribution >= 4 is 23.0 Å². The molecule has 0 aliphatic carbocycles. The summed E-state index contributed by atoms with van der Waals surface area (Å²) in [5.74, 6) is -0.515. The zero-order chi connectivity index (χ0) is 19.3. The molecule has 0 saturated heterocycles. The predicted molar refractivity (Wildman–Crippen MR) is 92.3 cm³/mol. The van der Waals surface area contributed by atoms with Gasteiger partial charge >= 0.3 is 6.18 Å². The number of carbonyl (C=O) groups excluding carboxylic acids is 1. The van der Waals surface area contributed by atoms with Crippen LogP contribution in [-0.2, 0) is 22.3 Å². The summed E-state index contributed by atoms with van der Waals surface area (Å²) in [7, 11) is 1.49. The zero-order valence-electron chi connectivity index (χ0n) is 13.6. The molecule has 0 fully saturated rings. The Hall–Kier alpha value is -2.49. The van der Waals surface area contributed by atoms with Crippen molar-refractivity contribution < 1.29 is 27.3 Å². The van der Waals surface area contributed by atoms with E-state index >= 15 is 0 Å². The average molecular weight is 384 g/mol. The van der Waals surface area contributed by atoms with E-state index < -0.39 is 29.0 Å². The molecule has 0 bridgehead atoms. The number of carbonyl (C=O) groups is 1. The van der Waals surface area contributed by atoms with Gasteiger partial charge in [-0.15, -0.1) is 4.72 Å². The van der Waals surface area contributed by atoms with Crippen molar-refractivity contribution in [3.8, 4) is 11.5 Å². The van der Waals surface area contributed by atoms with Crippen LogP contribution in [0.3, 0.4) is 0 Å². The van der Waals surface area contributed by atoms with Gasteiger partial charge in [0.15, 0.2) is 10.6 Å². The summed E-state index contributed by atoms with van der Waals surface area (Å²) in [6.07, 6.45) is -3.48. The third-order valence-electron chi connectivity index (χ3n) is 3.18. The van der Waals surface area contributed by atoms with Crippen LogP contribution in [-0.4, -0.2) is 17.5 Å². The van der Waals surface area contributed by atoms with E-state index in [1.807, 2.05) is 0 Å². The van der Waals surface area contributed by atoms with Crippen molar-refractivity contribution in [3.63, 3.8) is 0 Å². The third-order valence-corrected chi connectivity index (χ3v) is 4.24. The van der Waals surface area contributed by atoms with Gasteiger partial charge in [-0.25, -0.2) is 0 Å². The van der Waals surface area contributed by atoms with Gasteiger partial charge in [0.2, 0.25) is 5.91 Å². The van der Waals surface area contributed by atoms with Gasteiger partial charge in [0, 0.05) is 13.1 Å². The van der Waals surface area contributed by atoms with Gasteiger partial charge in [-0.05, 0) is 36.4 Å². The number of nitrogens with one attached hydrogen (secondary N) is 2. The molecule has 0 heterocycles. The van der Waals surface area contributed by atoms with Crippen molar-refractivity contribution in [1.82, 2.24) is 4.72 Å². The first-order valence-corrected chi connectivity index (χ1v) is 8.41. The molecule has 2 aromatic rings. The highest BCUT2D eigenvalue weighted by atomic mass is 32.2. The summed E-state index contributed by atoms with van der Waals surface area (Å²) >= 11 is -1.52. The molecule has 2 aromatic carbocycles. The SMILES string of the molecule is C=CC(=O)Nc1cc([S+]([O-])NC)ccc1Oc1cccc(C(F)(F)F)c1. The largest absolute Gasteiger partial charge is 0.593 e. The Morgan fingerprint density at radius 1 is 1.27 bits per heavy atom. The molecule has 0 spiro atoms. The molecule has 138 valence electrons. The number of hydrogen-bond acceptors (Lipinski definition) is 4. The van der Waals surface area contributed by atoms with Crippen LogP contribution in [0, 0.1) is 0 Å². The standard InChI is InChI=1S/C17H15F3N2O3S/c1-3-16(23)22-14-10-13(26(24)21-2)7-8-15(14)25-12-6-4-5-11(9-12)17(18,19)20/h3-10,21H,1H2,2H3,(H,22,23). The van der Waals surface area contributed by atoms with Crippen LogP contribution in [0.4, 0.5) is 18.9 Å². The number of benzene rings is 2. The van der Waals surface area contributed by atoms with Gasteiger partial charge in [0.1, 0.15) is 5.75 Å². The highest BCUT2D eigenvalue weighted by molar-refractivity contribution is 7.89. The molecular weight excluding hydrogens is 369 g/mol. The lowest BCUT2D eigenvalue weighted by Gasteiger charge is -2.15. The molecule has 1 unspecified atom stereocenters. The topological polar surface area (TPSA) is 73.4 Å². The van der Waals surface area contributed by atoms with Crippen LogP contribution in [0.5, 0.6) is 11.5 Å². The van der Waals surface area contributed by atoms with Crippen LogP contribution in [0.15, 0.2) is 60.0 Å². The zero-order valence-corrected chi connectivity index (χ0v) is 14.4. The number of anilines is 1. The lowest BCUT2D eigenvalue weighted by Crippen LogP contribution is -2.19. The fraction of sp³-hybridized carbons (Fsp3) is 0.118. The van der Waals surface area contributed by atoms with Gasteiger partial charge in [0.05, 0.1) is 22.6 Å². The van der Waals surface area contributed by atoms with Crippen molar-refractivity contribution in [1.29, 1.82) is 0 Å². The second-order valence-electron chi connectivity index (χ2n) is 4.95. The molecule has 0 aliphatic heterocycles. The van der Waals surface area contributed by atoms with E-state index in [0.717, 1.165) is 18.2 Å². The monoisotopic (exact) mass is 384 g/mol. The van der Waals surface area contributed by atoms with E-state index in [1.165, 1.54) is 37.4 Å². The minimum atomic E-state index is -4.51. The maximum atomic E-state index is 12.8. The molecule has 1 atom stereocenters. The lowest BCUT2D eigenvalue weighted by molar-refractivity contribution is -0.137. The summed E-state index contributed by atoms with van der Waals surface area (Å²) in [4.78, 5) is 11.9. The first-order valence-electron chi connectivity index (χ1n) is 7.26. The third kappa shape index (κ3) is 5.01. The summed E-state index contributed by atoms with van der Waals surface area (Å²) in [5, 5.41) is 2.48. The number of ether oxygens (including phenoxy) is 1. The Labute approximate surface area is 151 Å². The second kappa shape index (κ2) is 8.26. The van der Waals surface area contributed by atoms with Crippen LogP contribution >= 0.6 is 0 Å². The molecule has 5 nitrogen and oxygen atoms in total. The molecule has 0 radical (unpaired) electrons. The van der Waals surface area contributed by atoms with Crippen molar-refractivity contribution in [2.24, 2.45) is 0 Å². The average Bonchev–Trinajstić information content (AvgIpc) is 2.61. The normalized spacial score (nSPS) is 12.3. The number of hydrogen-bond donors (Lipinski definition) is 2. The first kappa shape index (κ1) is 19.8. The van der Waals surface area contributed by atoms with Crippen LogP contribution in [0.25, 0.3) is 0 Å². The van der Waals surface area contributed by atoms with Crippen molar-refractivity contribution in [3.05, 3.63) is 60.7 Å². The fourth-order valence-corrected chi connectivity index (χ4v) is 2.63. The van der Waals surface area contributed by atoms with Gasteiger partial charge in [-0.2, -0.15) is 13.2 Å². The molecule has 2 rings (SSSR count). The molecule has 1 amide bonds. The Balaban J connectivity index is 2.38. The van der Waals surface area contributed by atoms with E-state index in [0.29, 0.717) is 4.90 Å². The summed E-state index contributed by atoms with van der Waals surface area (Å²) < 4.78 is 58.3. The number of halogens is 3. The van der Waals surface area contributed by atoms with E-state index in [1.54, 1.807) is 0 Å². The molecular formula is C17H15F3N2O3S. The lowest BCUT2D eigenvalue weighted by atomic mass is 10.2. The highest BCUT2D eigenvalue weighted by Gasteiger charge is 2.30. The maximum Gasteiger partial charge on any atom is 0.416 e. The summed E-state index contributed by atoms with van der Waals surface area (Å²) in [6, 6.07) is 8.61. The Morgan fingerprint density at radius 3 is 2.62 bits per heavy atom. The molecule has 0 aliphatic rings. The van der Waals surface area contributed by atoms with Crippen LogP contribution in [0.2, 0.25) is 0 Å². The Bertz CT molecular complexity index is 812. The van der Waals surface area contributed by atoms with Gasteiger partial charge in [-0.1, -0.05) is 12.6 Å². The molecule has 26 heavy (non-hydrogen) atoms. The maximum absolute atomic E-state index is 12.8. The van der Waals surface area contributed by atoms with E-state index in [9.17, 15) is 22.5 Å². The molecule has 9 heteroatoms. The highest BCUT2D eigenvalue weighted by Crippen LogP contribution is 2.35. The van der Waals surface area contributed by atoms with Crippen molar-refractivity contribution in [2.75, 3.05) is 12.4 Å². The Morgan fingerprint density at radius 2 is 2.00 bits per heavy atom. The number of rotatable bonds is 6. The van der Waals surface area contributed by atoms with E-state index in [4.69, 9.17) is 4.74 Å². The summed E-state index contributed by atoms with van der Waals surface area (Å²) in [5.41, 5.74) is -0.715. The second-order valence-corrected chi connectivity index (χ2v) is 6.37. The fourth-order valence-electron chi connectivity index (χ4n) is 1.98. The van der Waals surface area contributed by atoms with E-state index in [2.05, 4.69) is 16.6 Å². The summed E-state index contributed by atoms with van der Waals surface area (Å²) in [6.45, 7) is 3.33. The predicted octanol–water partition coefficient (Wildman–Crippen LogP) is 3.86. The number of alkyl halides is 3. The molecule has 2 N–H and O–H groups in total. The molecule has 0 aromatic heterocycles. The van der Waals surface area contributed by atoms with Crippen LogP contribution in [0.1, 0.15) is 5.56 Å². The van der Waals surface area contributed by atoms with Crippen molar-refractivity contribution in [2.45, 2.75) is 11.1 Å². The van der Waals surface area contributed by atoms with Crippen LogP contribution < -0.4 is 14.8 Å². The molecule has 0 saturated carbocycles. The quantitative estimate of drug-likeness (QED) is 0.586.